The van der Waals surface area contributed by atoms with Crippen LogP contribution >= 0.6 is 0 Å². The largest absolute Gasteiger partial charge is 0.481 e. The first-order chi connectivity index (χ1) is 4.16. The molecule has 0 saturated carbocycles. The quantitative estimate of drug-likeness (QED) is 0.600. The molecule has 1 atom stereocenters. The fourth-order valence-corrected chi connectivity index (χ4v) is 0.405. The predicted molar refractivity (Wildman–Crippen MR) is 37.4 cm³/mol. The van der Waals surface area contributed by atoms with Gasteiger partial charge in [0.1, 0.15) is 0 Å². The van der Waals surface area contributed by atoms with Crippen LogP contribution in [0.25, 0.3) is 0 Å². The number of carboxylic acid groups (broad SMARTS) is 1. The number of nitriles is 1. The molecule has 51 valence electrons. The van der Waals surface area contributed by atoms with Gasteiger partial charge < -0.3 is 5.11 Å². The predicted octanol–water partition coefficient (Wildman–Crippen LogP) is 0.630. The summed E-state index contributed by atoms with van der Waals surface area (Å²) in [7, 11) is 0. The Bertz CT molecular complexity index is 141. The maximum absolute atomic E-state index is 9.91. The summed E-state index contributed by atoms with van der Waals surface area (Å²) in [5, 5.41) is 16.4. The van der Waals surface area contributed by atoms with Crippen LogP contribution in [0, 0.1) is 17.2 Å². The van der Waals surface area contributed by atoms with E-state index in [-0.39, 0.29) is 41.9 Å². The van der Waals surface area contributed by atoms with Gasteiger partial charge >= 0.3 is 5.97 Å². The molecule has 0 aliphatic rings. The van der Waals surface area contributed by atoms with Gasteiger partial charge in [-0.05, 0) is 13.3 Å². The molecule has 0 spiro atoms. The molecule has 10 heavy (non-hydrogen) atoms. The first kappa shape index (κ1) is 12.6. The van der Waals surface area contributed by atoms with E-state index < -0.39 is 5.97 Å². The first-order valence-corrected chi connectivity index (χ1v) is 2.78. The van der Waals surface area contributed by atoms with E-state index in [9.17, 15) is 4.79 Å². The van der Waals surface area contributed by atoms with Crippen molar-refractivity contribution in [2.45, 2.75) is 19.8 Å². The molecule has 1 N–H and O–H groups in total. The molecular formula is C6H9NNaO2. The summed E-state index contributed by atoms with van der Waals surface area (Å²) >= 11 is 0. The molecule has 1 unspecified atom stereocenters. The van der Waals surface area contributed by atoms with E-state index in [0.29, 0.717) is 6.42 Å². The second-order valence-corrected chi connectivity index (χ2v) is 1.96. The molecule has 0 bridgehead atoms. The van der Waals surface area contributed by atoms with E-state index in [2.05, 4.69) is 0 Å². The van der Waals surface area contributed by atoms with E-state index in [4.69, 9.17) is 10.4 Å². The number of carboxylic acids is 1. The summed E-state index contributed by atoms with van der Waals surface area (Å²) < 4.78 is 0. The summed E-state index contributed by atoms with van der Waals surface area (Å²) in [6.45, 7) is 1.71. The summed E-state index contributed by atoms with van der Waals surface area (Å²) in [4.78, 5) is 9.91. The summed E-state index contributed by atoms with van der Waals surface area (Å²) in [6.07, 6.45) is 0.542. The van der Waals surface area contributed by atoms with Crippen LogP contribution in [0.3, 0.4) is 0 Å². The second kappa shape index (κ2) is 7.07. The van der Waals surface area contributed by atoms with Crippen molar-refractivity contribution >= 4 is 35.5 Å². The van der Waals surface area contributed by atoms with Gasteiger partial charge in [0.15, 0.2) is 0 Å². The van der Waals surface area contributed by atoms with Gasteiger partial charge in [-0.3, -0.25) is 4.79 Å². The number of carbonyl (C=O) groups is 1. The SMILES string of the molecule is CC(C#N)CCC(=O)O.[Na]. The van der Waals surface area contributed by atoms with E-state index >= 15 is 0 Å². The average Bonchev–Trinajstić information content (AvgIpc) is 1.83. The van der Waals surface area contributed by atoms with Crippen molar-refractivity contribution < 1.29 is 9.90 Å². The minimum Gasteiger partial charge on any atom is -0.481 e. The van der Waals surface area contributed by atoms with Crippen LogP contribution in [0.2, 0.25) is 0 Å². The van der Waals surface area contributed by atoms with E-state index in [1.807, 2.05) is 6.07 Å². The molecule has 1 radical (unpaired) electrons. The van der Waals surface area contributed by atoms with Crippen molar-refractivity contribution in [3.05, 3.63) is 0 Å². The molecule has 4 heteroatoms. The molecule has 0 aliphatic carbocycles. The molecule has 0 aromatic rings. The number of hydrogen-bond donors (Lipinski definition) is 1. The van der Waals surface area contributed by atoms with E-state index in [1.165, 1.54) is 0 Å². The van der Waals surface area contributed by atoms with Gasteiger partial charge in [0.05, 0.1) is 6.07 Å². The van der Waals surface area contributed by atoms with Gasteiger partial charge in [-0.25, -0.2) is 0 Å². The molecular weight excluding hydrogens is 141 g/mol. The van der Waals surface area contributed by atoms with Crippen LogP contribution in [0.15, 0.2) is 0 Å². The zero-order chi connectivity index (χ0) is 7.28. The third kappa shape index (κ3) is 7.96. The summed E-state index contributed by atoms with van der Waals surface area (Å²) in [5.41, 5.74) is 0. The third-order valence-electron chi connectivity index (χ3n) is 1.01. The topological polar surface area (TPSA) is 61.1 Å². The van der Waals surface area contributed by atoms with Crippen molar-refractivity contribution in [3.8, 4) is 6.07 Å². The van der Waals surface area contributed by atoms with Crippen molar-refractivity contribution in [1.29, 1.82) is 5.26 Å². The van der Waals surface area contributed by atoms with Crippen molar-refractivity contribution in [3.63, 3.8) is 0 Å². The Hall–Kier alpha value is -0.0400. The van der Waals surface area contributed by atoms with E-state index in [1.54, 1.807) is 6.92 Å². The normalized spacial score (nSPS) is 10.8. The third-order valence-corrected chi connectivity index (χ3v) is 1.01. The Morgan fingerprint density at radius 3 is 2.60 bits per heavy atom. The van der Waals surface area contributed by atoms with Crippen LogP contribution < -0.4 is 0 Å². The smallest absolute Gasteiger partial charge is 0.303 e. The Balaban J connectivity index is 0. The number of rotatable bonds is 3. The average molecular weight is 150 g/mol. The molecule has 0 aliphatic heterocycles. The maximum Gasteiger partial charge on any atom is 0.303 e. The minimum absolute atomic E-state index is 0. The Morgan fingerprint density at radius 1 is 1.80 bits per heavy atom. The molecule has 0 saturated heterocycles. The fourth-order valence-electron chi connectivity index (χ4n) is 0.405. The van der Waals surface area contributed by atoms with Crippen LogP contribution in [0.4, 0.5) is 0 Å². The van der Waals surface area contributed by atoms with E-state index in [0.717, 1.165) is 0 Å². The van der Waals surface area contributed by atoms with Crippen LogP contribution in [-0.4, -0.2) is 40.6 Å². The van der Waals surface area contributed by atoms with Gasteiger partial charge in [-0.15, -0.1) is 0 Å². The van der Waals surface area contributed by atoms with Crippen LogP contribution in [0.5, 0.6) is 0 Å². The van der Waals surface area contributed by atoms with Crippen molar-refractivity contribution in [1.82, 2.24) is 0 Å². The summed E-state index contributed by atoms with van der Waals surface area (Å²) in [5.74, 6) is -0.974. The zero-order valence-electron chi connectivity index (χ0n) is 6.29. The Kier molecular flexibility index (Phi) is 8.92. The number of hydrogen-bond acceptors (Lipinski definition) is 2. The van der Waals surface area contributed by atoms with Gasteiger partial charge in [0.2, 0.25) is 0 Å². The standard InChI is InChI=1S/C6H9NO2.Na/c1-5(4-7)2-3-6(8)9;/h5H,2-3H2,1H3,(H,8,9);. The van der Waals surface area contributed by atoms with Gasteiger partial charge in [0, 0.05) is 41.9 Å². The molecule has 0 aromatic carbocycles. The molecule has 3 nitrogen and oxygen atoms in total. The molecule has 0 rings (SSSR count). The minimum atomic E-state index is -0.836. The maximum atomic E-state index is 9.91. The van der Waals surface area contributed by atoms with Crippen molar-refractivity contribution in [2.75, 3.05) is 0 Å². The fraction of sp³-hybridized carbons (Fsp3) is 0.667. The first-order valence-electron chi connectivity index (χ1n) is 2.78. The number of nitrogens with zero attached hydrogens (tertiary/aromatic N) is 1. The molecule has 0 amide bonds. The molecule has 0 heterocycles. The Labute approximate surface area is 82.3 Å². The molecule has 0 aromatic heterocycles. The monoisotopic (exact) mass is 150 g/mol. The van der Waals surface area contributed by atoms with Gasteiger partial charge in [-0.1, -0.05) is 0 Å². The molecule has 0 fully saturated rings. The zero-order valence-corrected chi connectivity index (χ0v) is 8.29. The van der Waals surface area contributed by atoms with Gasteiger partial charge in [-0.2, -0.15) is 5.26 Å². The second-order valence-electron chi connectivity index (χ2n) is 1.96. The van der Waals surface area contributed by atoms with Gasteiger partial charge in [0.25, 0.3) is 0 Å². The van der Waals surface area contributed by atoms with Crippen molar-refractivity contribution in [2.24, 2.45) is 5.92 Å². The Morgan fingerprint density at radius 2 is 2.30 bits per heavy atom. The summed E-state index contributed by atoms with van der Waals surface area (Å²) in [6, 6.07) is 1.96. The van der Waals surface area contributed by atoms with Crippen LogP contribution in [-0.2, 0) is 4.79 Å². The number of aliphatic carboxylic acids is 1. The van der Waals surface area contributed by atoms with Crippen LogP contribution in [0.1, 0.15) is 19.8 Å².